The summed E-state index contributed by atoms with van der Waals surface area (Å²) in [5.41, 5.74) is 1.42. The van der Waals surface area contributed by atoms with Gasteiger partial charge in [-0.25, -0.2) is 0 Å². The first-order chi connectivity index (χ1) is 11.0. The van der Waals surface area contributed by atoms with Gasteiger partial charge in [0.25, 0.3) is 11.8 Å². The van der Waals surface area contributed by atoms with Gasteiger partial charge in [0.2, 0.25) is 0 Å². The molecule has 1 aliphatic heterocycles. The molecule has 2 amide bonds. The zero-order valence-corrected chi connectivity index (χ0v) is 14.5. The van der Waals surface area contributed by atoms with E-state index < -0.39 is 11.8 Å². The smallest absolute Gasteiger partial charge is 0.270 e. The molecule has 0 atom stereocenters. The molecule has 3 rings (SSSR count). The second kappa shape index (κ2) is 6.10. The van der Waals surface area contributed by atoms with Crippen LogP contribution in [-0.4, -0.2) is 21.5 Å². The number of halogens is 1. The average Bonchev–Trinajstić information content (AvgIpc) is 2.91. The van der Waals surface area contributed by atoms with E-state index in [4.69, 9.17) is 12.2 Å². The van der Waals surface area contributed by atoms with Gasteiger partial charge in [0, 0.05) is 23.9 Å². The van der Waals surface area contributed by atoms with E-state index in [9.17, 15) is 9.59 Å². The minimum Gasteiger partial charge on any atom is -0.357 e. The van der Waals surface area contributed by atoms with Gasteiger partial charge in [-0.05, 0) is 54.2 Å². The highest BCUT2D eigenvalue weighted by Gasteiger charge is 2.34. The van der Waals surface area contributed by atoms with E-state index in [1.165, 1.54) is 4.90 Å². The van der Waals surface area contributed by atoms with Crippen molar-refractivity contribution in [3.8, 4) is 0 Å². The number of aryl methyl sites for hydroxylation is 1. The second-order valence-electron chi connectivity index (χ2n) is 5.04. The largest absolute Gasteiger partial charge is 0.357 e. The van der Waals surface area contributed by atoms with Crippen LogP contribution in [0.3, 0.4) is 0 Å². The summed E-state index contributed by atoms with van der Waals surface area (Å²) in [6, 6.07) is 8.95. The van der Waals surface area contributed by atoms with Crippen molar-refractivity contribution in [2.24, 2.45) is 7.05 Å². The lowest BCUT2D eigenvalue weighted by Gasteiger charge is -2.28. The molecule has 1 saturated heterocycles. The third-order valence-electron chi connectivity index (χ3n) is 3.35. The molecule has 7 heteroatoms. The molecular formula is C16H12BrN3O2S. The Kier molecular flexibility index (Phi) is 4.14. The number of benzene rings is 1. The Labute approximate surface area is 146 Å². The fraction of sp³-hybridized carbons (Fsp3) is 0.0625. The molecule has 1 aliphatic rings. The summed E-state index contributed by atoms with van der Waals surface area (Å²) < 4.78 is 2.73. The van der Waals surface area contributed by atoms with Gasteiger partial charge in [0.1, 0.15) is 5.57 Å². The molecule has 116 valence electrons. The van der Waals surface area contributed by atoms with Crippen molar-refractivity contribution in [2.75, 3.05) is 4.90 Å². The van der Waals surface area contributed by atoms with Crippen molar-refractivity contribution in [3.63, 3.8) is 0 Å². The van der Waals surface area contributed by atoms with Gasteiger partial charge < -0.3 is 4.57 Å². The molecule has 1 aromatic heterocycles. The molecule has 23 heavy (non-hydrogen) atoms. The molecule has 0 spiro atoms. The van der Waals surface area contributed by atoms with Crippen LogP contribution in [0.2, 0.25) is 0 Å². The fourth-order valence-electron chi connectivity index (χ4n) is 2.26. The van der Waals surface area contributed by atoms with Crippen LogP contribution in [0.4, 0.5) is 5.69 Å². The highest BCUT2D eigenvalue weighted by Crippen LogP contribution is 2.23. The number of nitrogens with one attached hydrogen (secondary N) is 1. The Balaban J connectivity index is 2.00. The summed E-state index contributed by atoms with van der Waals surface area (Å²) >= 11 is 8.50. The van der Waals surface area contributed by atoms with Gasteiger partial charge >= 0.3 is 0 Å². The quantitative estimate of drug-likeness (QED) is 0.487. The van der Waals surface area contributed by atoms with Crippen LogP contribution in [0.25, 0.3) is 6.08 Å². The lowest BCUT2D eigenvalue weighted by atomic mass is 10.1. The molecule has 2 heterocycles. The van der Waals surface area contributed by atoms with Gasteiger partial charge in [-0.15, -0.1) is 0 Å². The number of aromatic nitrogens is 1. The van der Waals surface area contributed by atoms with Crippen molar-refractivity contribution in [1.29, 1.82) is 0 Å². The summed E-state index contributed by atoms with van der Waals surface area (Å²) in [7, 11) is 1.87. The lowest BCUT2D eigenvalue weighted by Crippen LogP contribution is -2.54. The summed E-state index contributed by atoms with van der Waals surface area (Å²) in [5.74, 6) is -0.929. The topological polar surface area (TPSA) is 54.3 Å². The zero-order valence-electron chi connectivity index (χ0n) is 12.1. The Morgan fingerprint density at radius 3 is 2.48 bits per heavy atom. The normalized spacial score (nSPS) is 16.9. The van der Waals surface area contributed by atoms with Crippen molar-refractivity contribution in [3.05, 3.63) is 58.3 Å². The zero-order chi connectivity index (χ0) is 16.6. The van der Waals surface area contributed by atoms with Crippen LogP contribution in [0.1, 0.15) is 5.56 Å². The number of rotatable bonds is 2. The van der Waals surface area contributed by atoms with E-state index in [0.717, 1.165) is 10.0 Å². The average molecular weight is 390 g/mol. The molecule has 2 aromatic rings. The van der Waals surface area contributed by atoms with E-state index >= 15 is 0 Å². The number of thiocarbonyl (C=S) groups is 1. The van der Waals surface area contributed by atoms with Gasteiger partial charge in [0.15, 0.2) is 5.11 Å². The molecule has 0 bridgehead atoms. The molecule has 0 unspecified atom stereocenters. The number of anilines is 1. The van der Waals surface area contributed by atoms with E-state index in [1.54, 1.807) is 18.2 Å². The van der Waals surface area contributed by atoms with Crippen LogP contribution < -0.4 is 10.2 Å². The standard InChI is InChI=1S/C16H12BrN3O2S/c1-19-7-6-10(9-19)8-13-14(21)18-16(23)20(15(13)22)12-4-2-11(17)3-5-12/h2-9H,1H3,(H,18,21,23)/b13-8-. The molecule has 1 fully saturated rings. The number of hydrogen-bond acceptors (Lipinski definition) is 3. The first-order valence-corrected chi connectivity index (χ1v) is 7.95. The maximum Gasteiger partial charge on any atom is 0.270 e. The molecule has 0 saturated carbocycles. The first kappa shape index (κ1) is 15.6. The number of hydrogen-bond donors (Lipinski definition) is 1. The number of amides is 2. The highest BCUT2D eigenvalue weighted by atomic mass is 79.9. The molecular weight excluding hydrogens is 378 g/mol. The van der Waals surface area contributed by atoms with Crippen molar-refractivity contribution in [2.45, 2.75) is 0 Å². The maximum atomic E-state index is 12.7. The van der Waals surface area contributed by atoms with E-state index in [0.29, 0.717) is 5.69 Å². The summed E-state index contributed by atoms with van der Waals surface area (Å²) in [4.78, 5) is 26.2. The van der Waals surface area contributed by atoms with Gasteiger partial charge in [-0.1, -0.05) is 15.9 Å². The van der Waals surface area contributed by atoms with E-state index in [2.05, 4.69) is 21.2 Å². The van der Waals surface area contributed by atoms with Crippen LogP contribution in [0.5, 0.6) is 0 Å². The Morgan fingerprint density at radius 2 is 1.87 bits per heavy atom. The van der Waals surface area contributed by atoms with E-state index in [1.807, 2.05) is 42.2 Å². The minimum absolute atomic E-state index is 0.0488. The summed E-state index contributed by atoms with van der Waals surface area (Å²) in [6.07, 6.45) is 5.23. The van der Waals surface area contributed by atoms with Gasteiger partial charge in [-0.2, -0.15) is 0 Å². The van der Waals surface area contributed by atoms with Crippen LogP contribution in [-0.2, 0) is 16.6 Å². The summed E-state index contributed by atoms with van der Waals surface area (Å²) in [5, 5.41) is 2.64. The van der Waals surface area contributed by atoms with Crippen LogP contribution in [0, 0.1) is 0 Å². The number of carbonyl (C=O) groups excluding carboxylic acids is 2. The van der Waals surface area contributed by atoms with Crippen LogP contribution in [0.15, 0.2) is 52.8 Å². The highest BCUT2D eigenvalue weighted by molar-refractivity contribution is 9.10. The molecule has 0 radical (unpaired) electrons. The predicted octanol–water partition coefficient (Wildman–Crippen LogP) is 2.62. The van der Waals surface area contributed by atoms with Crippen molar-refractivity contribution < 1.29 is 9.59 Å². The fourth-order valence-corrected chi connectivity index (χ4v) is 2.80. The third-order valence-corrected chi connectivity index (χ3v) is 4.17. The first-order valence-electron chi connectivity index (χ1n) is 6.75. The predicted molar refractivity (Wildman–Crippen MR) is 95.8 cm³/mol. The van der Waals surface area contributed by atoms with Gasteiger partial charge in [0.05, 0.1) is 5.69 Å². The number of nitrogens with zero attached hydrogens (tertiary/aromatic N) is 2. The van der Waals surface area contributed by atoms with Crippen LogP contribution >= 0.6 is 28.1 Å². The monoisotopic (exact) mass is 389 g/mol. The molecule has 1 aromatic carbocycles. The Bertz CT molecular complexity index is 839. The lowest BCUT2D eigenvalue weighted by molar-refractivity contribution is -0.122. The number of carbonyl (C=O) groups is 2. The van der Waals surface area contributed by atoms with E-state index in [-0.39, 0.29) is 10.7 Å². The molecule has 0 aliphatic carbocycles. The Morgan fingerprint density at radius 1 is 1.17 bits per heavy atom. The maximum absolute atomic E-state index is 12.7. The summed E-state index contributed by atoms with van der Waals surface area (Å²) in [6.45, 7) is 0. The van der Waals surface area contributed by atoms with Crippen molar-refractivity contribution >= 4 is 56.8 Å². The van der Waals surface area contributed by atoms with Crippen molar-refractivity contribution in [1.82, 2.24) is 9.88 Å². The minimum atomic E-state index is -0.489. The third kappa shape index (κ3) is 3.11. The second-order valence-corrected chi connectivity index (χ2v) is 6.35. The Hall–Kier alpha value is -2.25. The molecule has 1 N–H and O–H groups in total. The molecule has 5 nitrogen and oxygen atoms in total. The SMILES string of the molecule is Cn1ccc(/C=C2/C(=O)NC(=S)N(c3ccc(Br)cc3)C2=O)c1. The van der Waals surface area contributed by atoms with Gasteiger partial charge in [-0.3, -0.25) is 19.8 Å².